The number of H-pyrrole nitrogens is 1. The third-order valence-corrected chi connectivity index (χ3v) is 4.68. The van der Waals surface area contributed by atoms with Crippen molar-refractivity contribution in [2.45, 2.75) is 32.6 Å². The topological polar surface area (TPSA) is 96.2 Å². The van der Waals surface area contributed by atoms with E-state index in [1.807, 2.05) is 38.1 Å². The van der Waals surface area contributed by atoms with Gasteiger partial charge < -0.3 is 5.11 Å². The van der Waals surface area contributed by atoms with Gasteiger partial charge in [-0.1, -0.05) is 25.5 Å². The fraction of sp³-hybridized carbons (Fsp3) is 0.263. The molecule has 0 saturated heterocycles. The summed E-state index contributed by atoms with van der Waals surface area (Å²) in [5, 5.41) is 22.3. The van der Waals surface area contributed by atoms with Crippen molar-refractivity contribution in [1.82, 2.24) is 24.8 Å². The van der Waals surface area contributed by atoms with E-state index in [1.165, 1.54) is 0 Å². The van der Waals surface area contributed by atoms with Gasteiger partial charge in [-0.15, -0.1) is 0 Å². The Morgan fingerprint density at radius 2 is 2.15 bits per heavy atom. The molecule has 3 aromatic heterocycles. The number of carboxylic acid groups (broad SMARTS) is 1. The molecule has 0 aliphatic heterocycles. The molecule has 7 nitrogen and oxygen atoms in total. The van der Waals surface area contributed by atoms with Crippen LogP contribution >= 0.6 is 0 Å². The molecule has 132 valence electrons. The van der Waals surface area contributed by atoms with Crippen LogP contribution in [0.15, 0.2) is 36.7 Å². The first-order chi connectivity index (χ1) is 12.6. The summed E-state index contributed by atoms with van der Waals surface area (Å²) in [5.41, 5.74) is 4.48. The summed E-state index contributed by atoms with van der Waals surface area (Å²) in [7, 11) is 0. The van der Waals surface area contributed by atoms with Crippen LogP contribution in [0.25, 0.3) is 27.8 Å². The van der Waals surface area contributed by atoms with Crippen molar-refractivity contribution in [2.24, 2.45) is 0 Å². The van der Waals surface area contributed by atoms with Crippen LogP contribution in [0.5, 0.6) is 0 Å². The Morgan fingerprint density at radius 1 is 1.35 bits per heavy atom. The van der Waals surface area contributed by atoms with Crippen LogP contribution in [0.1, 0.15) is 36.9 Å². The highest BCUT2D eigenvalue weighted by Gasteiger charge is 2.28. The molecule has 4 rings (SSSR count). The van der Waals surface area contributed by atoms with Crippen LogP contribution in [0.2, 0.25) is 0 Å². The molecule has 1 unspecified atom stereocenters. The third-order valence-electron chi connectivity index (χ3n) is 4.68. The molecule has 0 saturated carbocycles. The molecule has 0 radical (unpaired) electrons. The van der Waals surface area contributed by atoms with E-state index in [-0.39, 0.29) is 0 Å². The molecule has 3 heterocycles. The minimum absolute atomic E-state index is 0.537. The molecule has 0 fully saturated rings. The van der Waals surface area contributed by atoms with E-state index < -0.39 is 11.9 Å². The predicted octanol–water partition coefficient (Wildman–Crippen LogP) is 3.55. The second-order valence-electron chi connectivity index (χ2n) is 6.38. The van der Waals surface area contributed by atoms with Crippen LogP contribution in [0.4, 0.5) is 0 Å². The Balaban J connectivity index is 2.14. The summed E-state index contributed by atoms with van der Waals surface area (Å²) in [4.78, 5) is 16.7. The number of aliphatic carboxylic acids is 1. The standard InChI is InChI=1S/C19H19N5O2/c1-3-6-14(19(25)26)16-11(2)22-18-13-7-4-5-8-15(13)23-24(18)17(16)12-9-20-21-10-12/h4-5,7-10,14H,3,6H2,1-2H3,(H,20,21)(H,25,26). The summed E-state index contributed by atoms with van der Waals surface area (Å²) in [6.07, 6.45) is 4.75. The van der Waals surface area contributed by atoms with E-state index in [4.69, 9.17) is 10.1 Å². The van der Waals surface area contributed by atoms with Gasteiger partial charge in [0.05, 0.1) is 23.3 Å². The van der Waals surface area contributed by atoms with Crippen molar-refractivity contribution in [3.63, 3.8) is 0 Å². The monoisotopic (exact) mass is 349 g/mol. The smallest absolute Gasteiger partial charge is 0.311 e. The van der Waals surface area contributed by atoms with Crippen molar-refractivity contribution in [3.8, 4) is 11.3 Å². The molecule has 0 amide bonds. The van der Waals surface area contributed by atoms with Crippen LogP contribution in [-0.4, -0.2) is 35.9 Å². The number of fused-ring (bicyclic) bond motifs is 3. The number of nitrogens with zero attached hydrogens (tertiary/aromatic N) is 4. The van der Waals surface area contributed by atoms with E-state index in [0.717, 1.165) is 34.2 Å². The zero-order valence-electron chi connectivity index (χ0n) is 14.6. The minimum atomic E-state index is -0.849. The van der Waals surface area contributed by atoms with Crippen molar-refractivity contribution in [2.75, 3.05) is 0 Å². The normalized spacial score (nSPS) is 12.7. The maximum absolute atomic E-state index is 12.0. The van der Waals surface area contributed by atoms with Gasteiger partial charge >= 0.3 is 5.97 Å². The summed E-state index contributed by atoms with van der Waals surface area (Å²) >= 11 is 0. The number of aromatic nitrogens is 5. The van der Waals surface area contributed by atoms with E-state index >= 15 is 0 Å². The summed E-state index contributed by atoms with van der Waals surface area (Å²) in [6, 6.07) is 7.78. The lowest BCUT2D eigenvalue weighted by Crippen LogP contribution is -2.17. The first-order valence-electron chi connectivity index (χ1n) is 8.61. The number of aromatic amines is 1. The summed E-state index contributed by atoms with van der Waals surface area (Å²) in [5.74, 6) is -1.49. The van der Waals surface area contributed by atoms with Crippen LogP contribution in [-0.2, 0) is 4.79 Å². The largest absolute Gasteiger partial charge is 0.481 e. The van der Waals surface area contributed by atoms with Crippen molar-refractivity contribution < 1.29 is 9.90 Å². The van der Waals surface area contributed by atoms with Gasteiger partial charge in [0.1, 0.15) is 0 Å². The number of carbonyl (C=O) groups is 1. The number of aryl methyl sites for hydroxylation is 1. The van der Waals surface area contributed by atoms with E-state index in [9.17, 15) is 9.90 Å². The molecule has 0 aliphatic carbocycles. The SMILES string of the molecule is CCCC(C(=O)O)c1c(C)nc2c3ccccc3nn2c1-c1cn[nH]c1. The molecule has 7 heteroatoms. The molecule has 0 aliphatic rings. The number of benzene rings is 1. The quantitative estimate of drug-likeness (QED) is 0.574. The molecule has 4 aromatic rings. The predicted molar refractivity (Wildman–Crippen MR) is 98.1 cm³/mol. The van der Waals surface area contributed by atoms with Gasteiger partial charge in [0.25, 0.3) is 0 Å². The second kappa shape index (κ2) is 6.25. The van der Waals surface area contributed by atoms with Gasteiger partial charge in [0.2, 0.25) is 0 Å². The maximum Gasteiger partial charge on any atom is 0.311 e. The zero-order chi connectivity index (χ0) is 18.3. The van der Waals surface area contributed by atoms with E-state index in [0.29, 0.717) is 17.7 Å². The highest BCUT2D eigenvalue weighted by molar-refractivity contribution is 5.94. The Kier molecular flexibility index (Phi) is 3.91. The molecule has 0 bridgehead atoms. The molecule has 26 heavy (non-hydrogen) atoms. The molecule has 2 N–H and O–H groups in total. The number of nitrogens with one attached hydrogen (secondary N) is 1. The zero-order valence-corrected chi connectivity index (χ0v) is 14.6. The van der Waals surface area contributed by atoms with Gasteiger partial charge in [-0.25, -0.2) is 9.50 Å². The molecule has 0 spiro atoms. The lowest BCUT2D eigenvalue weighted by molar-refractivity contribution is -0.139. The highest BCUT2D eigenvalue weighted by Crippen LogP contribution is 2.35. The molecular formula is C19H19N5O2. The summed E-state index contributed by atoms with van der Waals surface area (Å²) in [6.45, 7) is 3.85. The summed E-state index contributed by atoms with van der Waals surface area (Å²) < 4.78 is 1.75. The number of rotatable bonds is 5. The first kappa shape index (κ1) is 16.3. The molecular weight excluding hydrogens is 330 g/mol. The average Bonchev–Trinajstić information content (AvgIpc) is 3.26. The number of carboxylic acids is 1. The van der Waals surface area contributed by atoms with Gasteiger partial charge in [-0.05, 0) is 25.5 Å². The Labute approximate surface area is 149 Å². The fourth-order valence-corrected chi connectivity index (χ4v) is 3.54. The van der Waals surface area contributed by atoms with Crippen molar-refractivity contribution >= 4 is 22.5 Å². The Morgan fingerprint density at radius 3 is 2.85 bits per heavy atom. The number of hydrogen-bond donors (Lipinski definition) is 2. The Hall–Kier alpha value is -3.22. The lowest BCUT2D eigenvalue weighted by atomic mass is 9.90. The van der Waals surface area contributed by atoms with E-state index in [2.05, 4.69) is 10.2 Å². The Bertz CT molecular complexity index is 1100. The van der Waals surface area contributed by atoms with Crippen molar-refractivity contribution in [3.05, 3.63) is 47.9 Å². The fourth-order valence-electron chi connectivity index (χ4n) is 3.54. The van der Waals surface area contributed by atoms with Crippen LogP contribution in [0, 0.1) is 6.92 Å². The second-order valence-corrected chi connectivity index (χ2v) is 6.38. The third kappa shape index (κ3) is 2.44. The van der Waals surface area contributed by atoms with Crippen molar-refractivity contribution in [1.29, 1.82) is 0 Å². The molecule has 1 aromatic carbocycles. The van der Waals surface area contributed by atoms with Gasteiger partial charge in [-0.3, -0.25) is 9.89 Å². The average molecular weight is 349 g/mol. The van der Waals surface area contributed by atoms with Gasteiger partial charge in [-0.2, -0.15) is 10.2 Å². The van der Waals surface area contributed by atoms with Gasteiger partial charge in [0, 0.05) is 28.4 Å². The van der Waals surface area contributed by atoms with E-state index in [1.54, 1.807) is 16.9 Å². The molecule has 1 atom stereocenters. The van der Waals surface area contributed by atoms with Gasteiger partial charge in [0.15, 0.2) is 5.65 Å². The maximum atomic E-state index is 12.0. The van der Waals surface area contributed by atoms with Crippen LogP contribution in [0.3, 0.4) is 0 Å². The number of hydrogen-bond acceptors (Lipinski definition) is 4. The lowest BCUT2D eigenvalue weighted by Gasteiger charge is -2.19. The first-order valence-corrected chi connectivity index (χ1v) is 8.61. The highest BCUT2D eigenvalue weighted by atomic mass is 16.4. The minimum Gasteiger partial charge on any atom is -0.481 e. The van der Waals surface area contributed by atoms with Crippen LogP contribution < -0.4 is 0 Å².